The lowest BCUT2D eigenvalue weighted by atomic mass is 10.2. The Bertz CT molecular complexity index is 870. The maximum absolute atomic E-state index is 12.0. The number of aliphatic hydroxyl groups excluding tert-OH is 1. The van der Waals surface area contributed by atoms with Crippen molar-refractivity contribution in [3.05, 3.63) is 89.5 Å². The fourth-order valence-electron chi connectivity index (χ4n) is 3.57. The van der Waals surface area contributed by atoms with Crippen LogP contribution < -0.4 is 21.0 Å². The van der Waals surface area contributed by atoms with Crippen molar-refractivity contribution in [3.63, 3.8) is 0 Å². The molecule has 0 aliphatic rings. The van der Waals surface area contributed by atoms with Crippen LogP contribution in [-0.4, -0.2) is 16.9 Å². The van der Waals surface area contributed by atoms with Gasteiger partial charge in [0.25, 0.3) is 0 Å². The van der Waals surface area contributed by atoms with Crippen molar-refractivity contribution in [2.45, 2.75) is 26.6 Å². The molecule has 3 rings (SSSR count). The van der Waals surface area contributed by atoms with Gasteiger partial charge in [0.05, 0.1) is 0 Å². The van der Waals surface area contributed by atoms with Crippen LogP contribution in [0.25, 0.3) is 0 Å². The number of rotatable bonds is 5. The monoisotopic (exact) mass is 378 g/mol. The van der Waals surface area contributed by atoms with E-state index in [2.05, 4.69) is 0 Å². The van der Waals surface area contributed by atoms with Gasteiger partial charge in [0.15, 0.2) is 0 Å². The number of carbonyl (C=O) groups excluding carboxylic acids is 1. The van der Waals surface area contributed by atoms with Gasteiger partial charge in [-0.25, -0.2) is 0 Å². The van der Waals surface area contributed by atoms with Gasteiger partial charge >= 0.3 is 0 Å². The third kappa shape index (κ3) is 3.53. The fourth-order valence-corrected chi connectivity index (χ4v) is 7.81. The number of hydrogen-bond acceptors (Lipinski definition) is 3. The first kappa shape index (κ1) is 19.3. The second kappa shape index (κ2) is 7.64. The lowest BCUT2D eigenvalue weighted by molar-refractivity contribution is -0.310. The second-order valence-electron chi connectivity index (χ2n) is 6.93. The van der Waals surface area contributed by atoms with E-state index in [0.717, 1.165) is 32.6 Å². The highest BCUT2D eigenvalue weighted by Gasteiger charge is 2.53. The molecule has 0 aliphatic heterocycles. The van der Waals surface area contributed by atoms with Gasteiger partial charge in [-0.2, -0.15) is 0 Å². The number of carboxylic acids is 1. The van der Waals surface area contributed by atoms with Crippen molar-refractivity contribution in [3.8, 4) is 0 Å². The van der Waals surface area contributed by atoms with Gasteiger partial charge in [0.1, 0.15) is 29.1 Å². The molecule has 1 atom stereocenters. The highest BCUT2D eigenvalue weighted by atomic mass is 31.2. The molecule has 1 N–H and O–H groups in total. The molecule has 0 aromatic heterocycles. The van der Waals surface area contributed by atoms with E-state index in [9.17, 15) is 15.0 Å². The summed E-state index contributed by atoms with van der Waals surface area (Å²) in [5.41, 5.74) is 3.05. The minimum atomic E-state index is -2.89. The van der Waals surface area contributed by atoms with Gasteiger partial charge in [-0.3, -0.25) is 0 Å². The summed E-state index contributed by atoms with van der Waals surface area (Å²) in [6, 6.07) is 23.3. The van der Waals surface area contributed by atoms with Crippen LogP contribution in [0.4, 0.5) is 0 Å². The molecule has 0 saturated carbocycles. The van der Waals surface area contributed by atoms with Crippen LogP contribution in [0.5, 0.6) is 0 Å². The smallest absolute Gasteiger partial charge is 0.218 e. The van der Waals surface area contributed by atoms with E-state index in [-0.39, 0.29) is 0 Å². The first-order valence-corrected chi connectivity index (χ1v) is 10.7. The summed E-state index contributed by atoms with van der Waals surface area (Å²) in [4.78, 5) is 12.0. The van der Waals surface area contributed by atoms with E-state index >= 15 is 0 Å². The Kier molecular flexibility index (Phi) is 5.46. The molecule has 3 aromatic rings. The first-order valence-electron chi connectivity index (χ1n) is 8.85. The zero-order valence-corrected chi connectivity index (χ0v) is 16.6. The normalized spacial score (nSPS) is 12.6. The van der Waals surface area contributed by atoms with E-state index in [4.69, 9.17) is 0 Å². The molecule has 0 spiro atoms. The minimum Gasteiger partial charge on any atom is -0.543 e. The van der Waals surface area contributed by atoms with Gasteiger partial charge < -0.3 is 15.0 Å². The van der Waals surface area contributed by atoms with Crippen LogP contribution in [-0.2, 0) is 4.79 Å². The summed E-state index contributed by atoms with van der Waals surface area (Å²) in [5.74, 6) is -3.09. The Morgan fingerprint density at radius 2 is 1.11 bits per heavy atom. The quantitative estimate of drug-likeness (QED) is 0.691. The molecule has 1 unspecified atom stereocenters. The molecule has 0 fully saturated rings. The third-order valence-corrected chi connectivity index (χ3v) is 9.03. The third-order valence-electron chi connectivity index (χ3n) is 4.80. The minimum absolute atomic E-state index is 0.829. The van der Waals surface area contributed by atoms with E-state index < -0.39 is 19.1 Å². The van der Waals surface area contributed by atoms with Crippen LogP contribution in [0, 0.1) is 20.8 Å². The predicted molar refractivity (Wildman–Crippen MR) is 110 cm³/mol. The summed E-state index contributed by atoms with van der Waals surface area (Å²) in [7, 11) is -2.89. The average molecular weight is 378 g/mol. The summed E-state index contributed by atoms with van der Waals surface area (Å²) in [6.45, 7) is 5.90. The largest absolute Gasteiger partial charge is 0.543 e. The molecule has 4 heteroatoms. The van der Waals surface area contributed by atoms with Crippen LogP contribution >= 0.6 is 7.26 Å². The fraction of sp³-hybridized carbons (Fsp3) is 0.174. The van der Waals surface area contributed by atoms with Gasteiger partial charge in [-0.05, 0) is 73.9 Å². The zero-order chi connectivity index (χ0) is 19.6. The molecule has 0 bridgehead atoms. The molecule has 27 heavy (non-hydrogen) atoms. The highest BCUT2D eigenvalue weighted by Crippen LogP contribution is 2.59. The standard InChI is InChI=1S/C23H23O3P/c1-16-7-4-10-19(13-16)27(23(26)22(24)25,20-11-5-8-17(2)14-20)21-12-6-9-18(3)15-21/h4-15,23,26H,1-3H3. The molecule has 0 radical (unpaired) electrons. The van der Waals surface area contributed by atoms with Gasteiger partial charge in [0, 0.05) is 0 Å². The van der Waals surface area contributed by atoms with Crippen LogP contribution in [0.3, 0.4) is 0 Å². The molecule has 0 heterocycles. The summed E-state index contributed by atoms with van der Waals surface area (Å²) in [5, 5.41) is 25.5. The second-order valence-corrected chi connectivity index (χ2v) is 10.4. The Hall–Kier alpha value is -2.48. The van der Waals surface area contributed by atoms with Crippen molar-refractivity contribution in [2.75, 3.05) is 0 Å². The van der Waals surface area contributed by atoms with Crippen LogP contribution in [0.15, 0.2) is 72.8 Å². The summed E-state index contributed by atoms with van der Waals surface area (Å²) in [6.07, 6.45) is 0. The van der Waals surface area contributed by atoms with Crippen molar-refractivity contribution in [1.82, 2.24) is 0 Å². The summed E-state index contributed by atoms with van der Waals surface area (Å²) < 4.78 is 0. The number of aryl methyl sites for hydroxylation is 3. The molecular weight excluding hydrogens is 355 g/mol. The molecule has 0 saturated heterocycles. The van der Waals surface area contributed by atoms with Crippen LogP contribution in [0.1, 0.15) is 16.7 Å². The Morgan fingerprint density at radius 3 is 1.37 bits per heavy atom. The van der Waals surface area contributed by atoms with E-state index in [1.165, 1.54) is 0 Å². The van der Waals surface area contributed by atoms with Crippen molar-refractivity contribution in [2.24, 2.45) is 0 Å². The molecule has 3 nitrogen and oxygen atoms in total. The predicted octanol–water partition coefficient (Wildman–Crippen LogP) is 1.97. The molecular formula is C23H23O3P. The summed E-state index contributed by atoms with van der Waals surface area (Å²) >= 11 is 0. The highest BCUT2D eigenvalue weighted by molar-refractivity contribution is 7.96. The lowest BCUT2D eigenvalue weighted by Crippen LogP contribution is -2.47. The van der Waals surface area contributed by atoms with Crippen molar-refractivity contribution in [1.29, 1.82) is 0 Å². The number of carbonyl (C=O) groups is 1. The lowest BCUT2D eigenvalue weighted by Gasteiger charge is -2.32. The van der Waals surface area contributed by atoms with Crippen molar-refractivity contribution < 1.29 is 15.0 Å². The molecule has 3 aromatic carbocycles. The Labute approximate surface area is 160 Å². The number of hydrogen-bond donors (Lipinski definition) is 1. The molecule has 0 aliphatic carbocycles. The van der Waals surface area contributed by atoms with Crippen molar-refractivity contribution >= 4 is 29.1 Å². The number of aliphatic carboxylic acids is 1. The Balaban J connectivity index is 2.47. The number of aliphatic hydroxyl groups is 1. The van der Waals surface area contributed by atoms with Gasteiger partial charge in [-0.15, -0.1) is 0 Å². The van der Waals surface area contributed by atoms with Crippen LogP contribution in [0.2, 0.25) is 0 Å². The number of benzene rings is 3. The molecule has 138 valence electrons. The average Bonchev–Trinajstić information content (AvgIpc) is 2.62. The topological polar surface area (TPSA) is 60.4 Å². The first-order chi connectivity index (χ1) is 12.9. The SMILES string of the molecule is Cc1cccc([P+](c2cccc(C)c2)(c2cccc(C)c2)C(O)C(=O)[O-])c1. The van der Waals surface area contributed by atoms with Gasteiger partial charge in [-0.1, -0.05) is 36.4 Å². The maximum Gasteiger partial charge on any atom is 0.218 e. The number of carboxylic acid groups (broad SMARTS) is 1. The van der Waals surface area contributed by atoms with E-state index in [0.29, 0.717) is 0 Å². The molecule has 0 amide bonds. The maximum atomic E-state index is 12.0. The zero-order valence-electron chi connectivity index (χ0n) is 15.7. The van der Waals surface area contributed by atoms with E-state index in [1.54, 1.807) is 0 Å². The Morgan fingerprint density at radius 1 is 0.778 bits per heavy atom. The van der Waals surface area contributed by atoms with E-state index in [1.807, 2.05) is 93.6 Å². The van der Waals surface area contributed by atoms with Gasteiger partial charge in [0.2, 0.25) is 5.85 Å².